The Hall–Kier alpha value is -1.82. The Morgan fingerprint density at radius 3 is 2.83 bits per heavy atom. The van der Waals surface area contributed by atoms with Crippen LogP contribution >= 0.6 is 0 Å². The molecule has 0 radical (unpaired) electrons. The Kier molecular flexibility index (Phi) is 5.70. The lowest BCUT2D eigenvalue weighted by atomic mass is 10.1. The minimum atomic E-state index is -0.494. The van der Waals surface area contributed by atoms with Crippen molar-refractivity contribution in [1.29, 1.82) is 0 Å². The van der Waals surface area contributed by atoms with Crippen LogP contribution in [0.25, 0.3) is 0 Å². The molecule has 2 atom stereocenters. The second kappa shape index (κ2) is 7.38. The number of carbonyl (C=O) groups is 1. The topological polar surface area (TPSA) is 67.6 Å². The summed E-state index contributed by atoms with van der Waals surface area (Å²) in [6.07, 6.45) is 0.574. The molecule has 1 heterocycles. The summed E-state index contributed by atoms with van der Waals surface area (Å²) in [5, 5.41) is 2.83. The number of ether oxygens (including phenoxy) is 1. The van der Waals surface area contributed by atoms with E-state index >= 15 is 0 Å². The van der Waals surface area contributed by atoms with Gasteiger partial charge in [-0.15, -0.1) is 0 Å². The first kappa shape index (κ1) is 18.5. The van der Waals surface area contributed by atoms with E-state index in [9.17, 15) is 9.18 Å². The number of halogens is 1. The van der Waals surface area contributed by atoms with E-state index < -0.39 is 5.60 Å². The normalized spacial score (nSPS) is 19.2. The molecule has 1 unspecified atom stereocenters. The van der Waals surface area contributed by atoms with Crippen molar-refractivity contribution < 1.29 is 13.9 Å². The summed E-state index contributed by atoms with van der Waals surface area (Å²) in [5.41, 5.74) is 7.28. The van der Waals surface area contributed by atoms with Gasteiger partial charge in [0.15, 0.2) is 0 Å². The first-order chi connectivity index (χ1) is 11.2. The summed E-state index contributed by atoms with van der Waals surface area (Å²) in [5.74, 6) is 0.0666. The molecule has 0 aliphatic carbocycles. The van der Waals surface area contributed by atoms with E-state index in [-0.39, 0.29) is 18.0 Å². The van der Waals surface area contributed by atoms with Crippen LogP contribution in [-0.4, -0.2) is 31.3 Å². The zero-order valence-electron chi connectivity index (χ0n) is 14.9. The molecule has 0 aromatic heterocycles. The number of hydrogen-bond donors (Lipinski definition) is 2. The minimum absolute atomic E-state index is 0.227. The lowest BCUT2D eigenvalue weighted by molar-refractivity contribution is 0.0520. The number of rotatable bonds is 4. The van der Waals surface area contributed by atoms with Gasteiger partial charge in [0.2, 0.25) is 0 Å². The number of carbonyl (C=O) groups excluding carboxylic acids is 1. The van der Waals surface area contributed by atoms with Crippen molar-refractivity contribution in [2.24, 2.45) is 11.7 Å². The molecule has 134 valence electrons. The number of amides is 1. The zero-order valence-corrected chi connectivity index (χ0v) is 14.9. The molecule has 1 aliphatic heterocycles. The largest absolute Gasteiger partial charge is 0.444 e. The van der Waals surface area contributed by atoms with Gasteiger partial charge in [0, 0.05) is 31.4 Å². The SMILES string of the molecule is CC(N)c1cc(F)ccc1N1CC[C@@H](CNC(=O)OC(C)(C)C)C1. The van der Waals surface area contributed by atoms with Gasteiger partial charge in [-0.3, -0.25) is 0 Å². The molecule has 0 saturated carbocycles. The van der Waals surface area contributed by atoms with E-state index in [0.29, 0.717) is 12.5 Å². The van der Waals surface area contributed by atoms with E-state index in [1.54, 1.807) is 6.07 Å². The molecule has 1 aromatic carbocycles. The first-order valence-electron chi connectivity index (χ1n) is 8.42. The van der Waals surface area contributed by atoms with Gasteiger partial charge in [0.1, 0.15) is 11.4 Å². The van der Waals surface area contributed by atoms with E-state index in [2.05, 4.69) is 10.2 Å². The number of hydrogen-bond acceptors (Lipinski definition) is 4. The highest BCUT2D eigenvalue weighted by atomic mass is 19.1. The van der Waals surface area contributed by atoms with Crippen LogP contribution in [0, 0.1) is 11.7 Å². The molecule has 6 heteroatoms. The van der Waals surface area contributed by atoms with Crippen molar-refractivity contribution in [3.8, 4) is 0 Å². The molecule has 1 aliphatic rings. The summed E-state index contributed by atoms with van der Waals surface area (Å²) < 4.78 is 18.7. The summed E-state index contributed by atoms with van der Waals surface area (Å²) in [6.45, 7) is 9.62. The van der Waals surface area contributed by atoms with Gasteiger partial charge in [0.05, 0.1) is 0 Å². The molecule has 24 heavy (non-hydrogen) atoms. The quantitative estimate of drug-likeness (QED) is 0.885. The fourth-order valence-corrected chi connectivity index (χ4v) is 2.94. The monoisotopic (exact) mass is 337 g/mol. The van der Waals surface area contributed by atoms with Gasteiger partial charge in [-0.1, -0.05) is 0 Å². The third-order valence-electron chi connectivity index (χ3n) is 4.04. The first-order valence-corrected chi connectivity index (χ1v) is 8.42. The fourth-order valence-electron chi connectivity index (χ4n) is 2.94. The Labute approximate surface area is 143 Å². The van der Waals surface area contributed by atoms with Crippen LogP contribution in [0.15, 0.2) is 18.2 Å². The highest BCUT2D eigenvalue weighted by molar-refractivity contribution is 5.67. The van der Waals surface area contributed by atoms with Crippen LogP contribution in [0.5, 0.6) is 0 Å². The standard InChI is InChI=1S/C18H28FN3O2/c1-12(20)15-9-14(19)5-6-16(15)22-8-7-13(11-22)10-21-17(23)24-18(2,3)4/h5-6,9,12-13H,7-8,10-11,20H2,1-4H3,(H,21,23)/t12?,13-/m0/s1. The molecule has 2 rings (SSSR count). The summed E-state index contributed by atoms with van der Waals surface area (Å²) >= 11 is 0. The zero-order chi connectivity index (χ0) is 17.9. The van der Waals surface area contributed by atoms with Crippen molar-refractivity contribution in [2.75, 3.05) is 24.5 Å². The van der Waals surface area contributed by atoms with Crippen LogP contribution in [0.1, 0.15) is 45.7 Å². The molecule has 0 spiro atoms. The Bertz CT molecular complexity index is 584. The van der Waals surface area contributed by atoms with Crippen molar-refractivity contribution in [3.63, 3.8) is 0 Å². The molecule has 1 saturated heterocycles. The third kappa shape index (κ3) is 5.09. The van der Waals surface area contributed by atoms with Crippen LogP contribution in [0.3, 0.4) is 0 Å². The molecule has 5 nitrogen and oxygen atoms in total. The molecular weight excluding hydrogens is 309 g/mol. The Morgan fingerprint density at radius 1 is 1.50 bits per heavy atom. The van der Waals surface area contributed by atoms with Gasteiger partial charge in [-0.05, 0) is 63.8 Å². The van der Waals surface area contributed by atoms with E-state index in [0.717, 1.165) is 30.8 Å². The maximum atomic E-state index is 13.5. The van der Waals surface area contributed by atoms with Gasteiger partial charge in [-0.25, -0.2) is 9.18 Å². The van der Waals surface area contributed by atoms with Gasteiger partial charge < -0.3 is 20.7 Å². The Morgan fingerprint density at radius 2 is 2.21 bits per heavy atom. The van der Waals surface area contributed by atoms with Gasteiger partial charge in [-0.2, -0.15) is 0 Å². The van der Waals surface area contributed by atoms with Crippen LogP contribution in [0.2, 0.25) is 0 Å². The molecular formula is C18H28FN3O2. The number of anilines is 1. The fraction of sp³-hybridized carbons (Fsp3) is 0.611. The maximum Gasteiger partial charge on any atom is 0.407 e. The summed E-state index contributed by atoms with van der Waals surface area (Å²) in [4.78, 5) is 14.0. The average molecular weight is 337 g/mol. The third-order valence-corrected chi connectivity index (χ3v) is 4.04. The average Bonchev–Trinajstić information content (AvgIpc) is 2.92. The highest BCUT2D eigenvalue weighted by Crippen LogP contribution is 2.30. The number of alkyl carbamates (subject to hydrolysis) is 1. The predicted molar refractivity (Wildman–Crippen MR) is 93.6 cm³/mol. The van der Waals surface area contributed by atoms with Crippen molar-refractivity contribution in [1.82, 2.24) is 5.32 Å². The molecule has 1 aromatic rings. The van der Waals surface area contributed by atoms with Crippen LogP contribution in [-0.2, 0) is 4.74 Å². The number of nitrogens with two attached hydrogens (primary N) is 1. The lowest BCUT2D eigenvalue weighted by Gasteiger charge is -2.24. The van der Waals surface area contributed by atoms with Crippen molar-refractivity contribution in [3.05, 3.63) is 29.6 Å². The van der Waals surface area contributed by atoms with E-state index in [1.807, 2.05) is 27.7 Å². The van der Waals surface area contributed by atoms with E-state index in [1.165, 1.54) is 12.1 Å². The second-order valence-corrected chi connectivity index (χ2v) is 7.48. The van der Waals surface area contributed by atoms with Crippen LogP contribution < -0.4 is 16.0 Å². The van der Waals surface area contributed by atoms with Crippen LogP contribution in [0.4, 0.5) is 14.9 Å². The van der Waals surface area contributed by atoms with Crippen molar-refractivity contribution >= 4 is 11.8 Å². The maximum absolute atomic E-state index is 13.5. The van der Waals surface area contributed by atoms with E-state index in [4.69, 9.17) is 10.5 Å². The molecule has 1 amide bonds. The molecule has 1 fully saturated rings. The summed E-state index contributed by atoms with van der Waals surface area (Å²) in [6, 6.07) is 4.53. The second-order valence-electron chi connectivity index (χ2n) is 7.48. The lowest BCUT2D eigenvalue weighted by Crippen LogP contribution is -2.36. The number of nitrogens with one attached hydrogen (secondary N) is 1. The molecule has 3 N–H and O–H groups in total. The molecule has 0 bridgehead atoms. The summed E-state index contributed by atoms with van der Waals surface area (Å²) in [7, 11) is 0. The number of nitrogens with zero attached hydrogens (tertiary/aromatic N) is 1. The van der Waals surface area contributed by atoms with Gasteiger partial charge >= 0.3 is 6.09 Å². The number of benzene rings is 1. The smallest absolute Gasteiger partial charge is 0.407 e. The minimum Gasteiger partial charge on any atom is -0.444 e. The van der Waals surface area contributed by atoms with Gasteiger partial charge in [0.25, 0.3) is 0 Å². The Balaban J connectivity index is 1.93. The highest BCUT2D eigenvalue weighted by Gasteiger charge is 2.26. The van der Waals surface area contributed by atoms with Crippen molar-refractivity contribution in [2.45, 2.75) is 45.8 Å². The predicted octanol–water partition coefficient (Wildman–Crippen LogP) is 3.20.